The molecule has 0 aliphatic heterocycles. The highest BCUT2D eigenvalue weighted by Crippen LogP contribution is 2.20. The molecular formula is C14H19N3O3. The third-order valence-electron chi connectivity index (χ3n) is 2.90. The van der Waals surface area contributed by atoms with Gasteiger partial charge in [0, 0.05) is 12.8 Å². The van der Waals surface area contributed by atoms with E-state index in [1.165, 1.54) is 0 Å². The number of nitrogens with one attached hydrogen (secondary N) is 1. The Morgan fingerprint density at radius 1 is 1.55 bits per heavy atom. The lowest BCUT2D eigenvalue weighted by Crippen LogP contribution is -2.35. The molecule has 1 amide bonds. The van der Waals surface area contributed by atoms with Crippen LogP contribution in [0, 0.1) is 0 Å². The monoisotopic (exact) mass is 277 g/mol. The molecule has 0 fully saturated rings. The number of oxazole rings is 1. The number of nitrogens with two attached hydrogens (primary N) is 1. The zero-order valence-corrected chi connectivity index (χ0v) is 11.7. The molecule has 108 valence electrons. The molecule has 1 aromatic heterocycles. The van der Waals surface area contributed by atoms with Crippen LogP contribution in [0.3, 0.4) is 0 Å². The molecule has 0 saturated carbocycles. The van der Waals surface area contributed by atoms with Gasteiger partial charge in [0.05, 0.1) is 6.04 Å². The maximum atomic E-state index is 11.8. The van der Waals surface area contributed by atoms with Crippen molar-refractivity contribution in [3.8, 4) is 0 Å². The summed E-state index contributed by atoms with van der Waals surface area (Å²) in [5.41, 5.74) is 7.77. The number of ether oxygens (including phenoxy) is 1. The molecule has 20 heavy (non-hydrogen) atoms. The fourth-order valence-electron chi connectivity index (χ4n) is 1.92. The smallest absolute Gasteiger partial charge is 0.241 e. The van der Waals surface area contributed by atoms with E-state index in [1.807, 2.05) is 6.92 Å². The molecule has 0 aliphatic rings. The molecule has 1 aromatic carbocycles. The molecule has 1 atom stereocenters. The molecule has 6 nitrogen and oxygen atoms in total. The topological polar surface area (TPSA) is 90.4 Å². The Hall–Kier alpha value is -1.92. The number of carbonyl (C=O) groups is 1. The van der Waals surface area contributed by atoms with E-state index in [0.29, 0.717) is 35.7 Å². The first-order chi connectivity index (χ1) is 9.63. The highest BCUT2D eigenvalue weighted by Gasteiger charge is 2.13. The Labute approximate surface area is 117 Å². The SMILES string of the molecule is CCCC(N)C(=O)Nc1ccc2oc(COC)nc2c1. The van der Waals surface area contributed by atoms with Gasteiger partial charge in [-0.1, -0.05) is 13.3 Å². The van der Waals surface area contributed by atoms with E-state index in [9.17, 15) is 4.79 Å². The number of hydrogen-bond acceptors (Lipinski definition) is 5. The van der Waals surface area contributed by atoms with Gasteiger partial charge in [0.25, 0.3) is 0 Å². The fourth-order valence-corrected chi connectivity index (χ4v) is 1.92. The summed E-state index contributed by atoms with van der Waals surface area (Å²) in [4.78, 5) is 16.1. The molecule has 0 saturated heterocycles. The maximum Gasteiger partial charge on any atom is 0.241 e. The summed E-state index contributed by atoms with van der Waals surface area (Å²) >= 11 is 0. The molecular weight excluding hydrogens is 258 g/mol. The lowest BCUT2D eigenvalue weighted by molar-refractivity contribution is -0.117. The second-order valence-electron chi connectivity index (χ2n) is 4.61. The number of amides is 1. The minimum Gasteiger partial charge on any atom is -0.438 e. The number of methoxy groups -OCH3 is 1. The quantitative estimate of drug-likeness (QED) is 0.843. The predicted octanol–water partition coefficient (Wildman–Crippen LogP) is 2.04. The highest BCUT2D eigenvalue weighted by molar-refractivity contribution is 5.96. The number of benzene rings is 1. The van der Waals surface area contributed by atoms with Crippen LogP contribution >= 0.6 is 0 Å². The van der Waals surface area contributed by atoms with Crippen LogP contribution in [0.25, 0.3) is 11.1 Å². The summed E-state index contributed by atoms with van der Waals surface area (Å²) < 4.78 is 10.4. The Morgan fingerprint density at radius 3 is 3.05 bits per heavy atom. The van der Waals surface area contributed by atoms with Crippen molar-refractivity contribution >= 4 is 22.7 Å². The summed E-state index contributed by atoms with van der Waals surface area (Å²) in [6.45, 7) is 2.31. The van der Waals surface area contributed by atoms with Crippen molar-refractivity contribution in [3.05, 3.63) is 24.1 Å². The Morgan fingerprint density at radius 2 is 2.35 bits per heavy atom. The van der Waals surface area contributed by atoms with E-state index in [2.05, 4.69) is 10.3 Å². The predicted molar refractivity (Wildman–Crippen MR) is 76.2 cm³/mol. The first-order valence-corrected chi connectivity index (χ1v) is 6.59. The molecule has 0 bridgehead atoms. The van der Waals surface area contributed by atoms with Crippen LogP contribution in [0.2, 0.25) is 0 Å². The minimum absolute atomic E-state index is 0.188. The molecule has 2 aromatic rings. The van der Waals surface area contributed by atoms with Crippen LogP contribution in [-0.4, -0.2) is 24.0 Å². The Kier molecular flexibility index (Phi) is 4.70. The number of hydrogen-bond donors (Lipinski definition) is 2. The van der Waals surface area contributed by atoms with Gasteiger partial charge in [0.15, 0.2) is 5.58 Å². The molecule has 2 rings (SSSR count). The largest absolute Gasteiger partial charge is 0.438 e. The van der Waals surface area contributed by atoms with Crippen LogP contribution in [0.1, 0.15) is 25.7 Å². The summed E-state index contributed by atoms with van der Waals surface area (Å²) in [5.74, 6) is 0.320. The Balaban J connectivity index is 2.13. The fraction of sp³-hybridized carbons (Fsp3) is 0.429. The summed E-state index contributed by atoms with van der Waals surface area (Å²) in [6, 6.07) is 4.80. The van der Waals surface area contributed by atoms with Gasteiger partial charge in [-0.2, -0.15) is 0 Å². The van der Waals surface area contributed by atoms with Crippen LogP contribution in [-0.2, 0) is 16.1 Å². The third kappa shape index (κ3) is 3.34. The molecule has 0 aliphatic carbocycles. The minimum atomic E-state index is -0.489. The number of rotatable bonds is 6. The van der Waals surface area contributed by atoms with Gasteiger partial charge in [-0.25, -0.2) is 4.98 Å². The van der Waals surface area contributed by atoms with Crippen molar-refractivity contribution in [3.63, 3.8) is 0 Å². The van der Waals surface area contributed by atoms with Gasteiger partial charge in [-0.05, 0) is 24.6 Å². The standard InChI is InChI=1S/C14H19N3O3/c1-3-4-10(15)14(18)16-9-5-6-12-11(7-9)17-13(20-12)8-19-2/h5-7,10H,3-4,8,15H2,1-2H3,(H,16,18). The summed E-state index contributed by atoms with van der Waals surface area (Å²) in [7, 11) is 1.58. The maximum absolute atomic E-state index is 11.8. The number of nitrogens with zero attached hydrogens (tertiary/aromatic N) is 1. The highest BCUT2D eigenvalue weighted by atomic mass is 16.5. The normalized spacial score (nSPS) is 12.6. The molecule has 3 N–H and O–H groups in total. The molecule has 0 radical (unpaired) electrons. The second-order valence-corrected chi connectivity index (χ2v) is 4.61. The van der Waals surface area contributed by atoms with E-state index in [0.717, 1.165) is 6.42 Å². The van der Waals surface area contributed by atoms with Gasteiger partial charge < -0.3 is 20.2 Å². The third-order valence-corrected chi connectivity index (χ3v) is 2.90. The van der Waals surface area contributed by atoms with Crippen molar-refractivity contribution in [2.24, 2.45) is 5.73 Å². The van der Waals surface area contributed by atoms with Crippen molar-refractivity contribution in [2.75, 3.05) is 12.4 Å². The first-order valence-electron chi connectivity index (χ1n) is 6.59. The number of aromatic nitrogens is 1. The zero-order valence-electron chi connectivity index (χ0n) is 11.7. The van der Waals surface area contributed by atoms with Gasteiger partial charge >= 0.3 is 0 Å². The molecule has 1 heterocycles. The van der Waals surface area contributed by atoms with Crippen molar-refractivity contribution in [1.29, 1.82) is 0 Å². The molecule has 6 heteroatoms. The van der Waals surface area contributed by atoms with Gasteiger partial charge in [0.2, 0.25) is 11.8 Å². The summed E-state index contributed by atoms with van der Waals surface area (Å²) in [5, 5.41) is 2.78. The van der Waals surface area contributed by atoms with Gasteiger partial charge in [-0.3, -0.25) is 4.79 Å². The van der Waals surface area contributed by atoms with Gasteiger partial charge in [0.1, 0.15) is 12.1 Å². The van der Waals surface area contributed by atoms with E-state index >= 15 is 0 Å². The average Bonchev–Trinajstić information content (AvgIpc) is 2.81. The lowest BCUT2D eigenvalue weighted by atomic mass is 10.1. The first kappa shape index (κ1) is 14.5. The van der Waals surface area contributed by atoms with E-state index in [1.54, 1.807) is 25.3 Å². The summed E-state index contributed by atoms with van der Waals surface area (Å²) in [6.07, 6.45) is 1.54. The average molecular weight is 277 g/mol. The van der Waals surface area contributed by atoms with Gasteiger partial charge in [-0.15, -0.1) is 0 Å². The molecule has 1 unspecified atom stereocenters. The van der Waals surface area contributed by atoms with Crippen LogP contribution in [0.15, 0.2) is 22.6 Å². The van der Waals surface area contributed by atoms with E-state index in [-0.39, 0.29) is 5.91 Å². The van der Waals surface area contributed by atoms with Crippen molar-refractivity contribution in [2.45, 2.75) is 32.4 Å². The number of fused-ring (bicyclic) bond motifs is 1. The van der Waals surface area contributed by atoms with Crippen LogP contribution in [0.5, 0.6) is 0 Å². The Bertz CT molecular complexity index is 594. The van der Waals surface area contributed by atoms with Crippen molar-refractivity contribution < 1.29 is 13.9 Å². The lowest BCUT2D eigenvalue weighted by Gasteiger charge is -2.10. The number of anilines is 1. The molecule has 0 spiro atoms. The zero-order chi connectivity index (χ0) is 14.5. The second kappa shape index (κ2) is 6.49. The van der Waals surface area contributed by atoms with Crippen molar-refractivity contribution in [1.82, 2.24) is 4.98 Å². The van der Waals surface area contributed by atoms with Crippen LogP contribution in [0.4, 0.5) is 5.69 Å². The van der Waals surface area contributed by atoms with E-state index < -0.39 is 6.04 Å². The van der Waals surface area contributed by atoms with Crippen LogP contribution < -0.4 is 11.1 Å². The van der Waals surface area contributed by atoms with E-state index in [4.69, 9.17) is 14.9 Å². The number of carbonyl (C=O) groups excluding carboxylic acids is 1.